The molecule has 0 aliphatic rings. The van der Waals surface area contributed by atoms with Gasteiger partial charge in [0.2, 0.25) is 0 Å². The summed E-state index contributed by atoms with van der Waals surface area (Å²) in [5.74, 6) is 0. The van der Waals surface area contributed by atoms with E-state index in [0.29, 0.717) is 0 Å². The molecular formula is C13H28O3. The molecule has 0 amide bonds. The summed E-state index contributed by atoms with van der Waals surface area (Å²) in [5.41, 5.74) is -0.769. The standard InChI is InChI=1S/C13H28O3/c1-7-12(3,4)10(15)9(14)11(16)13(5,6)8-2/h9-11,14-16H,7-8H2,1-6H3. The minimum atomic E-state index is -1.09. The highest BCUT2D eigenvalue weighted by Gasteiger charge is 2.40. The summed E-state index contributed by atoms with van der Waals surface area (Å²) in [6.45, 7) is 11.5. The zero-order valence-electron chi connectivity index (χ0n) is 11.5. The van der Waals surface area contributed by atoms with Crippen LogP contribution in [-0.2, 0) is 0 Å². The topological polar surface area (TPSA) is 60.7 Å². The maximum absolute atomic E-state index is 10.1. The molecule has 98 valence electrons. The second-order valence-corrected chi connectivity index (χ2v) is 6.06. The van der Waals surface area contributed by atoms with Gasteiger partial charge in [-0.2, -0.15) is 0 Å². The molecule has 0 aliphatic carbocycles. The lowest BCUT2D eigenvalue weighted by atomic mass is 9.74. The van der Waals surface area contributed by atoms with Crippen molar-refractivity contribution in [2.45, 2.75) is 72.7 Å². The average molecular weight is 232 g/mol. The van der Waals surface area contributed by atoms with Gasteiger partial charge in [-0.15, -0.1) is 0 Å². The molecule has 0 fully saturated rings. The van der Waals surface area contributed by atoms with Crippen LogP contribution in [0.4, 0.5) is 0 Å². The van der Waals surface area contributed by atoms with Crippen molar-refractivity contribution < 1.29 is 15.3 Å². The van der Waals surface area contributed by atoms with Crippen molar-refractivity contribution in [1.29, 1.82) is 0 Å². The van der Waals surface area contributed by atoms with Gasteiger partial charge in [-0.1, -0.05) is 41.5 Å². The summed E-state index contributed by atoms with van der Waals surface area (Å²) in [6.07, 6.45) is -1.39. The molecule has 0 aliphatic heterocycles. The Morgan fingerprint density at radius 1 is 0.750 bits per heavy atom. The lowest BCUT2D eigenvalue weighted by Gasteiger charge is -2.39. The molecule has 3 N–H and O–H groups in total. The average Bonchev–Trinajstić information content (AvgIpc) is 2.25. The molecule has 0 heterocycles. The SMILES string of the molecule is CCC(C)(C)C(O)C(O)C(O)C(C)(C)CC. The number of aliphatic hydroxyl groups is 3. The molecule has 0 spiro atoms. The summed E-state index contributed by atoms with van der Waals surface area (Å²) in [7, 11) is 0. The minimum absolute atomic E-state index is 0.385. The van der Waals surface area contributed by atoms with Crippen molar-refractivity contribution in [3.8, 4) is 0 Å². The molecular weight excluding hydrogens is 204 g/mol. The molecule has 16 heavy (non-hydrogen) atoms. The summed E-state index contributed by atoms with van der Waals surface area (Å²) in [6, 6.07) is 0. The van der Waals surface area contributed by atoms with E-state index in [9.17, 15) is 15.3 Å². The first-order valence-electron chi connectivity index (χ1n) is 6.14. The predicted octanol–water partition coefficient (Wildman–Crippen LogP) is 1.94. The van der Waals surface area contributed by atoms with Gasteiger partial charge in [0.25, 0.3) is 0 Å². The molecule has 0 bridgehead atoms. The maximum Gasteiger partial charge on any atom is 0.107 e. The van der Waals surface area contributed by atoms with Gasteiger partial charge in [0.15, 0.2) is 0 Å². The smallest absolute Gasteiger partial charge is 0.107 e. The molecule has 2 unspecified atom stereocenters. The van der Waals surface area contributed by atoms with Crippen LogP contribution in [0.15, 0.2) is 0 Å². The van der Waals surface area contributed by atoms with E-state index in [1.807, 2.05) is 41.5 Å². The van der Waals surface area contributed by atoms with Crippen LogP contribution < -0.4 is 0 Å². The van der Waals surface area contributed by atoms with Crippen LogP contribution in [-0.4, -0.2) is 33.6 Å². The molecule has 0 saturated carbocycles. The largest absolute Gasteiger partial charge is 0.390 e. The first kappa shape index (κ1) is 15.9. The fourth-order valence-electron chi connectivity index (χ4n) is 1.52. The Bertz CT molecular complexity index is 189. The highest BCUT2D eigenvalue weighted by molar-refractivity contribution is 4.91. The second-order valence-electron chi connectivity index (χ2n) is 6.06. The highest BCUT2D eigenvalue weighted by atomic mass is 16.4. The first-order chi connectivity index (χ1) is 7.10. The van der Waals surface area contributed by atoms with Gasteiger partial charge in [-0.05, 0) is 23.7 Å². The molecule has 0 aromatic rings. The van der Waals surface area contributed by atoms with Crippen LogP contribution in [0.2, 0.25) is 0 Å². The number of aliphatic hydroxyl groups excluding tert-OH is 3. The van der Waals surface area contributed by atoms with E-state index in [0.717, 1.165) is 12.8 Å². The fourth-order valence-corrected chi connectivity index (χ4v) is 1.52. The van der Waals surface area contributed by atoms with Crippen LogP contribution >= 0.6 is 0 Å². The summed E-state index contributed by atoms with van der Waals surface area (Å²) >= 11 is 0. The van der Waals surface area contributed by atoms with Gasteiger partial charge in [-0.25, -0.2) is 0 Å². The molecule has 3 heteroatoms. The predicted molar refractivity (Wildman–Crippen MR) is 66.2 cm³/mol. The van der Waals surface area contributed by atoms with Gasteiger partial charge in [-0.3, -0.25) is 0 Å². The molecule has 0 radical (unpaired) electrons. The van der Waals surface area contributed by atoms with E-state index in [-0.39, 0.29) is 10.8 Å². The van der Waals surface area contributed by atoms with Gasteiger partial charge < -0.3 is 15.3 Å². The fraction of sp³-hybridized carbons (Fsp3) is 1.00. The van der Waals surface area contributed by atoms with Crippen molar-refractivity contribution in [2.75, 3.05) is 0 Å². The lowest BCUT2D eigenvalue weighted by molar-refractivity contribution is -0.135. The van der Waals surface area contributed by atoms with E-state index >= 15 is 0 Å². The normalized spacial score (nSPS) is 19.3. The van der Waals surface area contributed by atoms with E-state index < -0.39 is 18.3 Å². The zero-order chi connectivity index (χ0) is 13.1. The van der Waals surface area contributed by atoms with Gasteiger partial charge in [0.05, 0.1) is 12.2 Å². The monoisotopic (exact) mass is 232 g/mol. The Balaban J connectivity index is 4.74. The van der Waals surface area contributed by atoms with Crippen LogP contribution in [0.25, 0.3) is 0 Å². The van der Waals surface area contributed by atoms with Gasteiger partial charge >= 0.3 is 0 Å². The van der Waals surface area contributed by atoms with Crippen LogP contribution in [0.1, 0.15) is 54.4 Å². The van der Waals surface area contributed by atoms with Crippen LogP contribution in [0.3, 0.4) is 0 Å². The molecule has 2 atom stereocenters. The first-order valence-corrected chi connectivity index (χ1v) is 6.14. The summed E-state index contributed by atoms with van der Waals surface area (Å²) < 4.78 is 0. The molecule has 0 rings (SSSR count). The Hall–Kier alpha value is -0.120. The van der Waals surface area contributed by atoms with Crippen molar-refractivity contribution in [3.05, 3.63) is 0 Å². The van der Waals surface area contributed by atoms with Gasteiger partial charge in [0.1, 0.15) is 6.10 Å². The molecule has 0 saturated heterocycles. The van der Waals surface area contributed by atoms with Crippen molar-refractivity contribution in [3.63, 3.8) is 0 Å². The van der Waals surface area contributed by atoms with Gasteiger partial charge in [0, 0.05) is 0 Å². The Labute approximate surface area is 99.5 Å². The number of hydrogen-bond donors (Lipinski definition) is 3. The van der Waals surface area contributed by atoms with E-state index in [1.54, 1.807) is 0 Å². The van der Waals surface area contributed by atoms with E-state index in [1.165, 1.54) is 0 Å². The van der Waals surface area contributed by atoms with Crippen molar-refractivity contribution in [1.82, 2.24) is 0 Å². The van der Waals surface area contributed by atoms with E-state index in [4.69, 9.17) is 0 Å². The maximum atomic E-state index is 10.1. The summed E-state index contributed by atoms with van der Waals surface area (Å²) in [4.78, 5) is 0. The quantitative estimate of drug-likeness (QED) is 0.656. The third-order valence-electron chi connectivity index (χ3n) is 4.07. The third-order valence-corrected chi connectivity index (χ3v) is 4.07. The lowest BCUT2D eigenvalue weighted by Crippen LogP contribution is -2.50. The number of rotatable bonds is 6. The molecule has 0 aromatic carbocycles. The summed E-state index contributed by atoms with van der Waals surface area (Å²) in [5, 5.41) is 30.1. The Morgan fingerprint density at radius 3 is 1.19 bits per heavy atom. The number of hydrogen-bond acceptors (Lipinski definition) is 3. The van der Waals surface area contributed by atoms with E-state index in [2.05, 4.69) is 0 Å². The highest BCUT2D eigenvalue weighted by Crippen LogP contribution is 2.33. The van der Waals surface area contributed by atoms with Crippen molar-refractivity contribution >= 4 is 0 Å². The van der Waals surface area contributed by atoms with Crippen LogP contribution in [0, 0.1) is 10.8 Å². The van der Waals surface area contributed by atoms with Crippen molar-refractivity contribution in [2.24, 2.45) is 10.8 Å². The van der Waals surface area contributed by atoms with Crippen LogP contribution in [0.5, 0.6) is 0 Å². The minimum Gasteiger partial charge on any atom is -0.390 e. The Morgan fingerprint density at radius 2 is 1.00 bits per heavy atom. The third kappa shape index (κ3) is 3.44. The second kappa shape index (κ2) is 5.48. The molecule has 3 nitrogen and oxygen atoms in total. The zero-order valence-corrected chi connectivity index (χ0v) is 11.5. The Kier molecular flexibility index (Phi) is 5.44. The molecule has 0 aromatic heterocycles.